The first-order valence-corrected chi connectivity index (χ1v) is 10.1. The minimum absolute atomic E-state index is 0.520. The Morgan fingerprint density at radius 1 is 1.20 bits per heavy atom. The average molecular weight is 354 g/mol. The summed E-state index contributed by atoms with van der Waals surface area (Å²) in [6.45, 7) is 9.00. The zero-order valence-corrected chi connectivity index (χ0v) is 16.4. The number of rotatable bonds is 2. The fourth-order valence-corrected chi connectivity index (χ4v) is 4.74. The number of likely N-dealkylation sites (tertiary alicyclic amines) is 1. The number of hydrogen-bond donors (Lipinski definition) is 1. The van der Waals surface area contributed by atoms with Crippen molar-refractivity contribution in [1.29, 1.82) is 0 Å². The molecule has 3 nitrogen and oxygen atoms in total. The lowest BCUT2D eigenvalue weighted by Gasteiger charge is -2.29. The largest absolute Gasteiger partial charge is 0.345 e. The van der Waals surface area contributed by atoms with Gasteiger partial charge in [0.2, 0.25) is 0 Å². The summed E-state index contributed by atoms with van der Waals surface area (Å²) in [6, 6.07) is 9.02. The molecule has 2 aliphatic heterocycles. The van der Waals surface area contributed by atoms with Crippen LogP contribution in [0, 0.1) is 12.8 Å². The van der Waals surface area contributed by atoms with Crippen molar-refractivity contribution in [3.05, 3.63) is 40.3 Å². The van der Waals surface area contributed by atoms with Crippen LogP contribution >= 0.6 is 11.3 Å². The van der Waals surface area contributed by atoms with Gasteiger partial charge in [0.25, 0.3) is 0 Å². The average Bonchev–Trinajstić information content (AvgIpc) is 2.87. The van der Waals surface area contributed by atoms with Crippen molar-refractivity contribution in [1.82, 2.24) is 4.90 Å². The van der Waals surface area contributed by atoms with Crippen molar-refractivity contribution in [3.8, 4) is 0 Å². The van der Waals surface area contributed by atoms with E-state index in [1.54, 1.807) is 0 Å². The molecular formula is C21H27N3S. The van der Waals surface area contributed by atoms with Gasteiger partial charge in [-0.25, -0.2) is 0 Å². The molecule has 1 N–H and O–H groups in total. The Balaban J connectivity index is 1.81. The van der Waals surface area contributed by atoms with E-state index in [2.05, 4.69) is 62.3 Å². The van der Waals surface area contributed by atoms with Crippen molar-refractivity contribution in [3.63, 3.8) is 0 Å². The third-order valence-corrected chi connectivity index (χ3v) is 6.38. The van der Waals surface area contributed by atoms with Crippen LogP contribution in [0.25, 0.3) is 0 Å². The van der Waals surface area contributed by atoms with E-state index < -0.39 is 0 Å². The Bertz CT molecular complexity index is 811. The van der Waals surface area contributed by atoms with Crippen LogP contribution in [-0.4, -0.2) is 30.7 Å². The lowest BCUT2D eigenvalue weighted by atomic mass is 9.88. The van der Waals surface area contributed by atoms with E-state index >= 15 is 0 Å². The quantitative estimate of drug-likeness (QED) is 0.750. The molecule has 0 bridgehead atoms. The topological polar surface area (TPSA) is 27.6 Å². The number of piperidine rings is 1. The molecule has 4 heteroatoms. The minimum Gasteiger partial charge on any atom is -0.345 e. The van der Waals surface area contributed by atoms with Crippen LogP contribution in [0.2, 0.25) is 0 Å². The summed E-state index contributed by atoms with van der Waals surface area (Å²) in [4.78, 5) is 9.00. The fourth-order valence-electron chi connectivity index (χ4n) is 3.81. The molecule has 2 aromatic rings. The molecule has 25 heavy (non-hydrogen) atoms. The number of nitrogens with zero attached hydrogens (tertiary/aromatic N) is 2. The van der Waals surface area contributed by atoms with Crippen LogP contribution < -0.4 is 5.32 Å². The highest BCUT2D eigenvalue weighted by atomic mass is 32.1. The third kappa shape index (κ3) is 3.25. The Morgan fingerprint density at radius 2 is 1.96 bits per heavy atom. The predicted octanol–water partition coefficient (Wildman–Crippen LogP) is 5.70. The number of benzene rings is 1. The molecular weight excluding hydrogens is 326 g/mol. The summed E-state index contributed by atoms with van der Waals surface area (Å²) in [6.07, 6.45) is 2.39. The monoisotopic (exact) mass is 353 g/mol. The molecule has 1 aromatic heterocycles. The molecule has 1 saturated heterocycles. The van der Waals surface area contributed by atoms with Gasteiger partial charge in [-0.2, -0.15) is 0 Å². The molecule has 0 unspecified atom stereocenters. The maximum atomic E-state index is 5.23. The summed E-state index contributed by atoms with van der Waals surface area (Å²) in [5.74, 6) is 1.08. The molecule has 132 valence electrons. The van der Waals surface area contributed by atoms with Gasteiger partial charge in [0.1, 0.15) is 5.00 Å². The number of aryl methyl sites for hydroxylation is 1. The molecule has 1 fully saturated rings. The van der Waals surface area contributed by atoms with Crippen molar-refractivity contribution in [2.45, 2.75) is 39.5 Å². The smallest absolute Gasteiger partial charge is 0.102 e. The van der Waals surface area contributed by atoms with Crippen molar-refractivity contribution in [2.75, 3.05) is 25.5 Å². The summed E-state index contributed by atoms with van der Waals surface area (Å²) in [5, 5.41) is 4.92. The third-order valence-electron chi connectivity index (χ3n) is 5.41. The van der Waals surface area contributed by atoms with Gasteiger partial charge in [0, 0.05) is 16.4 Å². The van der Waals surface area contributed by atoms with Crippen LogP contribution in [0.15, 0.2) is 29.3 Å². The van der Waals surface area contributed by atoms with Gasteiger partial charge in [0.05, 0.1) is 17.1 Å². The van der Waals surface area contributed by atoms with E-state index in [1.165, 1.54) is 39.6 Å². The molecule has 0 amide bonds. The lowest BCUT2D eigenvalue weighted by Crippen LogP contribution is -2.33. The maximum Gasteiger partial charge on any atom is 0.102 e. The van der Waals surface area contributed by atoms with Gasteiger partial charge in [-0.3, -0.25) is 4.99 Å². The molecule has 3 heterocycles. The molecule has 1 aromatic carbocycles. The summed E-state index contributed by atoms with van der Waals surface area (Å²) in [7, 11) is 2.22. The zero-order chi connectivity index (χ0) is 17.6. The zero-order valence-electron chi connectivity index (χ0n) is 15.6. The van der Waals surface area contributed by atoms with Crippen molar-refractivity contribution >= 4 is 33.4 Å². The summed E-state index contributed by atoms with van der Waals surface area (Å²) in [5.41, 5.74) is 6.20. The number of nitrogens with one attached hydrogen (secondary N) is 1. The standard InChI is InChI=1S/C21H27N3S/c1-13(2)16-5-6-18-19(12-16)22-20(15-7-9-24(4)10-8-15)17-11-14(3)25-21(17)23-18/h5-6,11-13,15,23H,7-10H2,1-4H3. The highest BCUT2D eigenvalue weighted by Gasteiger charge is 2.28. The van der Waals surface area contributed by atoms with Crippen LogP contribution in [-0.2, 0) is 0 Å². The molecule has 0 saturated carbocycles. The van der Waals surface area contributed by atoms with Crippen LogP contribution in [0.1, 0.15) is 48.6 Å². The number of fused-ring (bicyclic) bond motifs is 2. The summed E-state index contributed by atoms with van der Waals surface area (Å²) >= 11 is 1.84. The van der Waals surface area contributed by atoms with E-state index in [0.29, 0.717) is 11.8 Å². The maximum absolute atomic E-state index is 5.23. The van der Waals surface area contributed by atoms with E-state index in [-0.39, 0.29) is 0 Å². The van der Waals surface area contributed by atoms with E-state index in [9.17, 15) is 0 Å². The highest BCUT2D eigenvalue weighted by molar-refractivity contribution is 7.16. The highest BCUT2D eigenvalue weighted by Crippen LogP contribution is 2.42. The second-order valence-corrected chi connectivity index (χ2v) is 8.99. The van der Waals surface area contributed by atoms with Gasteiger partial charge >= 0.3 is 0 Å². The fraction of sp³-hybridized carbons (Fsp3) is 0.476. The Labute approximate surface area is 154 Å². The van der Waals surface area contributed by atoms with Crippen molar-refractivity contribution in [2.24, 2.45) is 10.9 Å². The van der Waals surface area contributed by atoms with Gasteiger partial charge in [-0.1, -0.05) is 19.9 Å². The Morgan fingerprint density at radius 3 is 2.68 bits per heavy atom. The molecule has 0 atom stereocenters. The van der Waals surface area contributed by atoms with Gasteiger partial charge in [-0.05, 0) is 69.6 Å². The van der Waals surface area contributed by atoms with Gasteiger partial charge < -0.3 is 10.2 Å². The number of hydrogen-bond acceptors (Lipinski definition) is 4. The number of anilines is 2. The van der Waals surface area contributed by atoms with Crippen molar-refractivity contribution < 1.29 is 0 Å². The van der Waals surface area contributed by atoms with Crippen LogP contribution in [0.3, 0.4) is 0 Å². The molecule has 0 spiro atoms. The first-order valence-electron chi connectivity index (χ1n) is 9.30. The minimum atomic E-state index is 0.520. The number of aliphatic imine (C=N–C) groups is 1. The Hall–Kier alpha value is -1.65. The first-order chi connectivity index (χ1) is 12.0. The normalized spacial score (nSPS) is 18.4. The predicted molar refractivity (Wildman–Crippen MR) is 109 cm³/mol. The van der Waals surface area contributed by atoms with E-state index in [1.807, 2.05) is 11.3 Å². The Kier molecular flexibility index (Phi) is 4.42. The second-order valence-electron chi connectivity index (χ2n) is 7.73. The molecule has 0 radical (unpaired) electrons. The molecule has 2 aliphatic rings. The van der Waals surface area contributed by atoms with Gasteiger partial charge in [0.15, 0.2) is 0 Å². The van der Waals surface area contributed by atoms with E-state index in [4.69, 9.17) is 4.99 Å². The number of thiophene rings is 1. The SMILES string of the molecule is Cc1cc2c(s1)Nc1ccc(C(C)C)cc1N=C2C1CCN(C)CC1. The van der Waals surface area contributed by atoms with Crippen LogP contribution in [0.5, 0.6) is 0 Å². The van der Waals surface area contributed by atoms with Crippen LogP contribution in [0.4, 0.5) is 16.4 Å². The first kappa shape index (κ1) is 16.8. The lowest BCUT2D eigenvalue weighted by molar-refractivity contribution is 0.252. The van der Waals surface area contributed by atoms with E-state index in [0.717, 1.165) is 24.5 Å². The summed E-state index contributed by atoms with van der Waals surface area (Å²) < 4.78 is 0. The second kappa shape index (κ2) is 6.58. The molecule has 0 aliphatic carbocycles. The molecule has 4 rings (SSSR count). The van der Waals surface area contributed by atoms with Gasteiger partial charge in [-0.15, -0.1) is 11.3 Å².